The molecule has 0 bridgehead atoms. The monoisotopic (exact) mass is 215 g/mol. The molecule has 0 aliphatic rings. The number of hydrogen-bond donors (Lipinski definition) is 2. The second-order valence-corrected chi connectivity index (χ2v) is 4.36. The second kappa shape index (κ2) is 4.00. The highest BCUT2D eigenvalue weighted by molar-refractivity contribution is 6.01. The minimum atomic E-state index is 0.361. The maximum absolute atomic E-state index is 6.00. The minimum absolute atomic E-state index is 0.361. The summed E-state index contributed by atoms with van der Waals surface area (Å²) >= 11 is 0. The summed E-state index contributed by atoms with van der Waals surface area (Å²) in [4.78, 5) is 4.42. The molecule has 0 saturated carbocycles. The lowest BCUT2D eigenvalue weighted by Crippen LogP contribution is -2.11. The van der Waals surface area contributed by atoms with E-state index in [9.17, 15) is 0 Å². The molecule has 0 aliphatic carbocycles. The molecule has 3 nitrogen and oxygen atoms in total. The van der Waals surface area contributed by atoms with Gasteiger partial charge in [-0.05, 0) is 32.4 Å². The predicted molar refractivity (Wildman–Crippen MR) is 69.7 cm³/mol. The van der Waals surface area contributed by atoms with Gasteiger partial charge in [0.25, 0.3) is 0 Å². The number of pyridine rings is 1. The second-order valence-electron chi connectivity index (χ2n) is 4.36. The smallest absolute Gasteiger partial charge is 0.134 e. The Balaban J connectivity index is 2.69. The van der Waals surface area contributed by atoms with Crippen molar-refractivity contribution in [1.82, 2.24) is 4.98 Å². The molecular formula is C13H17N3. The number of nitrogens with two attached hydrogens (primary N) is 1. The SMILES string of the molecule is Cc1cnc(NC(C)C)c2cccc(N)c12. The van der Waals surface area contributed by atoms with E-state index in [1.165, 1.54) is 0 Å². The number of aromatic nitrogens is 1. The molecule has 2 rings (SSSR count). The Labute approximate surface area is 95.7 Å². The van der Waals surface area contributed by atoms with Crippen LogP contribution in [-0.2, 0) is 0 Å². The van der Waals surface area contributed by atoms with E-state index in [-0.39, 0.29) is 0 Å². The molecule has 0 atom stereocenters. The lowest BCUT2D eigenvalue weighted by molar-refractivity contribution is 0.892. The van der Waals surface area contributed by atoms with Crippen LogP contribution in [0.5, 0.6) is 0 Å². The number of hydrogen-bond acceptors (Lipinski definition) is 3. The average molecular weight is 215 g/mol. The van der Waals surface area contributed by atoms with E-state index in [0.717, 1.165) is 27.8 Å². The van der Waals surface area contributed by atoms with E-state index in [1.807, 2.05) is 25.3 Å². The van der Waals surface area contributed by atoms with Gasteiger partial charge in [-0.15, -0.1) is 0 Å². The van der Waals surface area contributed by atoms with Crippen LogP contribution in [0.25, 0.3) is 10.8 Å². The van der Waals surface area contributed by atoms with Gasteiger partial charge in [-0.3, -0.25) is 0 Å². The summed E-state index contributed by atoms with van der Waals surface area (Å²) in [6, 6.07) is 6.30. The number of rotatable bonds is 2. The van der Waals surface area contributed by atoms with Crippen LogP contribution in [0.2, 0.25) is 0 Å². The number of aryl methyl sites for hydroxylation is 1. The van der Waals surface area contributed by atoms with Crippen LogP contribution < -0.4 is 11.1 Å². The molecule has 0 radical (unpaired) electrons. The van der Waals surface area contributed by atoms with Gasteiger partial charge in [-0.25, -0.2) is 4.98 Å². The Morgan fingerprint density at radius 1 is 1.31 bits per heavy atom. The van der Waals surface area contributed by atoms with Crippen molar-refractivity contribution in [1.29, 1.82) is 0 Å². The minimum Gasteiger partial charge on any atom is -0.398 e. The number of anilines is 2. The van der Waals surface area contributed by atoms with Crippen LogP contribution in [0, 0.1) is 6.92 Å². The zero-order chi connectivity index (χ0) is 11.7. The Bertz CT molecular complexity index is 510. The zero-order valence-electron chi connectivity index (χ0n) is 9.91. The molecule has 1 heterocycles. The highest BCUT2D eigenvalue weighted by atomic mass is 15.0. The van der Waals surface area contributed by atoms with Crippen molar-refractivity contribution in [2.45, 2.75) is 26.8 Å². The number of fused-ring (bicyclic) bond motifs is 1. The quantitative estimate of drug-likeness (QED) is 0.757. The van der Waals surface area contributed by atoms with Gasteiger partial charge in [0.2, 0.25) is 0 Å². The molecule has 16 heavy (non-hydrogen) atoms. The molecule has 1 aromatic heterocycles. The van der Waals surface area contributed by atoms with Gasteiger partial charge in [-0.1, -0.05) is 12.1 Å². The Morgan fingerprint density at radius 2 is 2.06 bits per heavy atom. The third kappa shape index (κ3) is 1.81. The normalized spacial score (nSPS) is 11.0. The van der Waals surface area contributed by atoms with E-state index in [1.54, 1.807) is 0 Å². The van der Waals surface area contributed by atoms with Crippen molar-refractivity contribution in [3.63, 3.8) is 0 Å². The van der Waals surface area contributed by atoms with Crippen LogP contribution in [-0.4, -0.2) is 11.0 Å². The first-order chi connectivity index (χ1) is 7.59. The topological polar surface area (TPSA) is 50.9 Å². The molecule has 84 valence electrons. The van der Waals surface area contributed by atoms with Crippen LogP contribution in [0.4, 0.5) is 11.5 Å². The molecule has 3 N–H and O–H groups in total. The summed E-state index contributed by atoms with van der Waals surface area (Å²) in [5.41, 5.74) is 7.92. The fourth-order valence-corrected chi connectivity index (χ4v) is 1.89. The summed E-state index contributed by atoms with van der Waals surface area (Å²) in [5, 5.41) is 5.52. The molecule has 0 aliphatic heterocycles. The van der Waals surface area contributed by atoms with Gasteiger partial charge in [-0.2, -0.15) is 0 Å². The number of nitrogen functional groups attached to an aromatic ring is 1. The zero-order valence-corrected chi connectivity index (χ0v) is 9.91. The van der Waals surface area contributed by atoms with Crippen molar-refractivity contribution in [3.8, 4) is 0 Å². The van der Waals surface area contributed by atoms with E-state index in [2.05, 4.69) is 30.2 Å². The molecular weight excluding hydrogens is 198 g/mol. The van der Waals surface area contributed by atoms with E-state index in [0.29, 0.717) is 6.04 Å². The van der Waals surface area contributed by atoms with Gasteiger partial charge < -0.3 is 11.1 Å². The summed E-state index contributed by atoms with van der Waals surface area (Å²) in [5.74, 6) is 0.905. The molecule has 0 spiro atoms. The first kappa shape index (κ1) is 10.7. The largest absolute Gasteiger partial charge is 0.398 e. The van der Waals surface area contributed by atoms with E-state index in [4.69, 9.17) is 5.73 Å². The van der Waals surface area contributed by atoms with Gasteiger partial charge in [0.15, 0.2) is 0 Å². The summed E-state index contributed by atoms with van der Waals surface area (Å²) in [6.45, 7) is 6.23. The first-order valence-corrected chi connectivity index (χ1v) is 5.50. The van der Waals surface area contributed by atoms with E-state index < -0.39 is 0 Å². The van der Waals surface area contributed by atoms with Crippen LogP contribution >= 0.6 is 0 Å². The Hall–Kier alpha value is -1.77. The first-order valence-electron chi connectivity index (χ1n) is 5.50. The summed E-state index contributed by atoms with van der Waals surface area (Å²) < 4.78 is 0. The fourth-order valence-electron chi connectivity index (χ4n) is 1.89. The van der Waals surface area contributed by atoms with Gasteiger partial charge in [0.1, 0.15) is 5.82 Å². The van der Waals surface area contributed by atoms with Crippen molar-refractivity contribution in [2.75, 3.05) is 11.1 Å². The number of nitrogens with one attached hydrogen (secondary N) is 1. The molecule has 0 fully saturated rings. The number of benzene rings is 1. The van der Waals surface area contributed by atoms with Crippen molar-refractivity contribution >= 4 is 22.3 Å². The maximum Gasteiger partial charge on any atom is 0.134 e. The average Bonchev–Trinajstić information content (AvgIpc) is 2.22. The third-order valence-corrected chi connectivity index (χ3v) is 2.56. The Morgan fingerprint density at radius 3 is 2.75 bits per heavy atom. The predicted octanol–water partition coefficient (Wildman–Crippen LogP) is 2.95. The van der Waals surface area contributed by atoms with Crippen LogP contribution in [0.15, 0.2) is 24.4 Å². The standard InChI is InChI=1S/C13H17N3/c1-8(2)16-13-10-5-4-6-11(14)12(10)9(3)7-15-13/h4-8H,14H2,1-3H3,(H,15,16). The highest BCUT2D eigenvalue weighted by Crippen LogP contribution is 2.28. The fraction of sp³-hybridized carbons (Fsp3) is 0.308. The Kier molecular flexibility index (Phi) is 2.69. The van der Waals surface area contributed by atoms with Crippen LogP contribution in [0.1, 0.15) is 19.4 Å². The van der Waals surface area contributed by atoms with Gasteiger partial charge in [0.05, 0.1) is 0 Å². The summed E-state index contributed by atoms with van der Waals surface area (Å²) in [7, 11) is 0. The molecule has 0 amide bonds. The lowest BCUT2D eigenvalue weighted by atomic mass is 10.1. The number of nitrogens with zero attached hydrogens (tertiary/aromatic N) is 1. The third-order valence-electron chi connectivity index (χ3n) is 2.56. The summed E-state index contributed by atoms with van der Waals surface area (Å²) in [6.07, 6.45) is 1.86. The maximum atomic E-state index is 6.00. The van der Waals surface area contributed by atoms with Gasteiger partial charge >= 0.3 is 0 Å². The van der Waals surface area contributed by atoms with Crippen LogP contribution in [0.3, 0.4) is 0 Å². The van der Waals surface area contributed by atoms with E-state index >= 15 is 0 Å². The van der Waals surface area contributed by atoms with Crippen molar-refractivity contribution in [3.05, 3.63) is 30.0 Å². The highest BCUT2D eigenvalue weighted by Gasteiger charge is 2.07. The molecule has 3 heteroatoms. The molecule has 0 unspecified atom stereocenters. The van der Waals surface area contributed by atoms with Gasteiger partial charge in [0, 0.05) is 28.7 Å². The lowest BCUT2D eigenvalue weighted by Gasteiger charge is -2.13. The molecule has 0 saturated heterocycles. The molecule has 1 aromatic carbocycles. The van der Waals surface area contributed by atoms with Crippen molar-refractivity contribution in [2.24, 2.45) is 0 Å². The van der Waals surface area contributed by atoms with Crippen molar-refractivity contribution < 1.29 is 0 Å². The molecule has 2 aromatic rings.